The lowest BCUT2D eigenvalue weighted by Gasteiger charge is -2.09. The zero-order valence-electron chi connectivity index (χ0n) is 11.3. The molecule has 0 amide bonds. The number of rotatable bonds is 9. The van der Waals surface area contributed by atoms with E-state index in [9.17, 15) is 14.9 Å². The second-order valence-corrected chi connectivity index (χ2v) is 4.18. The Morgan fingerprint density at radius 2 is 2.20 bits per heavy atom. The highest BCUT2D eigenvalue weighted by Gasteiger charge is 2.14. The first kappa shape index (κ1) is 15.9. The van der Waals surface area contributed by atoms with Gasteiger partial charge in [0.2, 0.25) is 0 Å². The van der Waals surface area contributed by atoms with Crippen molar-refractivity contribution < 1.29 is 19.6 Å². The van der Waals surface area contributed by atoms with Crippen LogP contribution in [0.25, 0.3) is 0 Å². The lowest BCUT2D eigenvalue weighted by Crippen LogP contribution is -2.10. The van der Waals surface area contributed by atoms with Gasteiger partial charge in [0.15, 0.2) is 0 Å². The minimum atomic E-state index is -1.12. The van der Waals surface area contributed by atoms with Crippen LogP contribution in [-0.4, -0.2) is 35.8 Å². The van der Waals surface area contributed by atoms with Crippen LogP contribution in [0.1, 0.15) is 30.1 Å². The number of carboxylic acids is 1. The number of carbonyl (C=O) groups is 1. The molecule has 0 heterocycles. The number of benzene rings is 1. The summed E-state index contributed by atoms with van der Waals surface area (Å²) in [5.41, 5.74) is 0.131. The molecular formula is C13H18N2O5. The van der Waals surface area contributed by atoms with E-state index in [-0.39, 0.29) is 16.9 Å². The number of hydrogen-bond donors (Lipinski definition) is 2. The zero-order valence-corrected chi connectivity index (χ0v) is 11.3. The number of nitrogens with zero attached hydrogens (tertiary/aromatic N) is 1. The van der Waals surface area contributed by atoms with Crippen molar-refractivity contribution in [3.05, 3.63) is 33.9 Å². The van der Waals surface area contributed by atoms with Crippen LogP contribution >= 0.6 is 0 Å². The molecule has 1 rings (SSSR count). The van der Waals surface area contributed by atoms with Crippen LogP contribution in [0.2, 0.25) is 0 Å². The summed E-state index contributed by atoms with van der Waals surface area (Å²) in [6.45, 7) is 3.76. The van der Waals surface area contributed by atoms with Crippen molar-refractivity contribution in [1.29, 1.82) is 0 Å². The van der Waals surface area contributed by atoms with E-state index in [2.05, 4.69) is 5.32 Å². The van der Waals surface area contributed by atoms with Gasteiger partial charge in [0, 0.05) is 31.9 Å². The van der Waals surface area contributed by atoms with E-state index in [1.165, 1.54) is 18.2 Å². The first-order valence-electron chi connectivity index (χ1n) is 6.39. The molecule has 0 radical (unpaired) electrons. The predicted molar refractivity (Wildman–Crippen MR) is 74.3 cm³/mol. The molecule has 7 heteroatoms. The van der Waals surface area contributed by atoms with Crippen LogP contribution in [0.15, 0.2) is 18.2 Å². The standard InChI is InChI=1S/C13H18N2O5/c1-2-7-20-8-3-6-14-12-9-10(15(18)19)4-5-11(12)13(16)17/h4-5,9,14H,2-3,6-8H2,1H3,(H,16,17). The summed E-state index contributed by atoms with van der Waals surface area (Å²) in [6, 6.07) is 3.64. The van der Waals surface area contributed by atoms with E-state index in [4.69, 9.17) is 9.84 Å². The molecule has 0 aliphatic carbocycles. The van der Waals surface area contributed by atoms with E-state index >= 15 is 0 Å². The Hall–Kier alpha value is -2.15. The first-order valence-corrected chi connectivity index (χ1v) is 6.39. The van der Waals surface area contributed by atoms with Crippen molar-refractivity contribution in [2.45, 2.75) is 19.8 Å². The van der Waals surface area contributed by atoms with Gasteiger partial charge in [-0.2, -0.15) is 0 Å². The highest BCUT2D eigenvalue weighted by molar-refractivity contribution is 5.94. The van der Waals surface area contributed by atoms with Crippen LogP contribution < -0.4 is 5.32 Å². The van der Waals surface area contributed by atoms with E-state index < -0.39 is 10.9 Å². The smallest absolute Gasteiger partial charge is 0.337 e. The van der Waals surface area contributed by atoms with Crippen LogP contribution in [0.5, 0.6) is 0 Å². The number of aromatic carboxylic acids is 1. The summed E-state index contributed by atoms with van der Waals surface area (Å²) >= 11 is 0. The molecule has 20 heavy (non-hydrogen) atoms. The lowest BCUT2D eigenvalue weighted by atomic mass is 10.1. The van der Waals surface area contributed by atoms with Gasteiger partial charge in [-0.3, -0.25) is 10.1 Å². The Balaban J connectivity index is 2.63. The molecule has 7 nitrogen and oxygen atoms in total. The van der Waals surface area contributed by atoms with E-state index in [1.807, 2.05) is 6.92 Å². The van der Waals surface area contributed by atoms with Crippen LogP contribution in [0.3, 0.4) is 0 Å². The Kier molecular flexibility index (Phi) is 6.45. The second kappa shape index (κ2) is 8.11. The maximum absolute atomic E-state index is 11.0. The number of anilines is 1. The maximum Gasteiger partial charge on any atom is 0.337 e. The molecule has 0 spiro atoms. The minimum Gasteiger partial charge on any atom is -0.478 e. The molecule has 2 N–H and O–H groups in total. The van der Waals surface area contributed by atoms with Gasteiger partial charge in [0.05, 0.1) is 16.2 Å². The normalized spacial score (nSPS) is 10.2. The average molecular weight is 282 g/mol. The average Bonchev–Trinajstić information content (AvgIpc) is 2.42. The second-order valence-electron chi connectivity index (χ2n) is 4.18. The van der Waals surface area contributed by atoms with Crippen molar-refractivity contribution in [2.75, 3.05) is 25.1 Å². The Bertz CT molecular complexity index is 476. The summed E-state index contributed by atoms with van der Waals surface area (Å²) in [4.78, 5) is 21.2. The van der Waals surface area contributed by atoms with E-state index in [1.54, 1.807) is 0 Å². The quantitative estimate of drug-likeness (QED) is 0.410. The highest BCUT2D eigenvalue weighted by Crippen LogP contribution is 2.22. The maximum atomic E-state index is 11.0. The van der Waals surface area contributed by atoms with Crippen LogP contribution in [0, 0.1) is 10.1 Å². The predicted octanol–water partition coefficient (Wildman–Crippen LogP) is 2.52. The van der Waals surface area contributed by atoms with Gasteiger partial charge in [-0.1, -0.05) is 6.92 Å². The molecule has 0 aliphatic heterocycles. The number of non-ortho nitro benzene ring substituents is 1. The van der Waals surface area contributed by atoms with Crippen LogP contribution in [0.4, 0.5) is 11.4 Å². The summed E-state index contributed by atoms with van der Waals surface area (Å²) < 4.78 is 5.30. The van der Waals surface area contributed by atoms with Crippen molar-refractivity contribution in [3.8, 4) is 0 Å². The van der Waals surface area contributed by atoms with Gasteiger partial charge in [-0.05, 0) is 18.9 Å². The SMILES string of the molecule is CCCOCCCNc1cc([N+](=O)[O-])ccc1C(=O)O. The lowest BCUT2D eigenvalue weighted by molar-refractivity contribution is -0.384. The van der Waals surface area contributed by atoms with Crippen molar-refractivity contribution in [3.63, 3.8) is 0 Å². The minimum absolute atomic E-state index is 0.0186. The molecule has 1 aromatic rings. The largest absolute Gasteiger partial charge is 0.478 e. The third kappa shape index (κ3) is 4.85. The molecular weight excluding hydrogens is 264 g/mol. The molecule has 110 valence electrons. The number of nitro benzene ring substituents is 1. The van der Waals surface area contributed by atoms with Gasteiger partial charge in [-0.25, -0.2) is 4.79 Å². The summed E-state index contributed by atoms with van der Waals surface area (Å²) in [7, 11) is 0. The van der Waals surface area contributed by atoms with Crippen molar-refractivity contribution in [1.82, 2.24) is 0 Å². The number of carboxylic acid groups (broad SMARTS) is 1. The van der Waals surface area contributed by atoms with Crippen LogP contribution in [-0.2, 0) is 4.74 Å². The van der Waals surface area contributed by atoms with Gasteiger partial charge in [0.25, 0.3) is 5.69 Å². The number of nitrogens with one attached hydrogen (secondary N) is 1. The third-order valence-electron chi connectivity index (χ3n) is 2.57. The summed E-state index contributed by atoms with van der Waals surface area (Å²) in [5.74, 6) is -1.12. The van der Waals surface area contributed by atoms with Crippen molar-refractivity contribution in [2.24, 2.45) is 0 Å². The molecule has 0 fully saturated rings. The number of nitro groups is 1. The Labute approximate surface area is 116 Å². The van der Waals surface area contributed by atoms with Gasteiger partial charge in [-0.15, -0.1) is 0 Å². The molecule has 0 saturated carbocycles. The number of ether oxygens (including phenoxy) is 1. The molecule has 0 aromatic heterocycles. The molecule has 0 aliphatic rings. The van der Waals surface area contributed by atoms with Crippen molar-refractivity contribution >= 4 is 17.3 Å². The highest BCUT2D eigenvalue weighted by atomic mass is 16.6. The van der Waals surface area contributed by atoms with Gasteiger partial charge in [0.1, 0.15) is 0 Å². The molecule has 0 atom stereocenters. The van der Waals surface area contributed by atoms with Gasteiger partial charge < -0.3 is 15.2 Å². The number of hydrogen-bond acceptors (Lipinski definition) is 5. The Morgan fingerprint density at radius 1 is 1.45 bits per heavy atom. The fourth-order valence-corrected chi connectivity index (χ4v) is 1.62. The summed E-state index contributed by atoms with van der Waals surface area (Å²) in [6.07, 6.45) is 1.64. The monoisotopic (exact) mass is 282 g/mol. The fraction of sp³-hybridized carbons (Fsp3) is 0.462. The third-order valence-corrected chi connectivity index (χ3v) is 2.57. The summed E-state index contributed by atoms with van der Waals surface area (Å²) in [5, 5.41) is 22.6. The first-order chi connectivity index (χ1) is 9.56. The Morgan fingerprint density at radius 3 is 2.80 bits per heavy atom. The molecule has 0 bridgehead atoms. The topological polar surface area (TPSA) is 102 Å². The van der Waals surface area contributed by atoms with Gasteiger partial charge >= 0.3 is 5.97 Å². The molecule has 1 aromatic carbocycles. The molecule has 0 unspecified atom stereocenters. The fourth-order valence-electron chi connectivity index (χ4n) is 1.62. The van der Waals surface area contributed by atoms with E-state index in [0.717, 1.165) is 6.42 Å². The zero-order chi connectivity index (χ0) is 15.0. The van der Waals surface area contributed by atoms with E-state index in [0.29, 0.717) is 26.2 Å². The molecule has 0 saturated heterocycles.